The van der Waals surface area contributed by atoms with Gasteiger partial charge >= 0.3 is 6.09 Å². The molecule has 1 aromatic heterocycles. The lowest BCUT2D eigenvalue weighted by atomic mass is 9.97. The fourth-order valence-electron chi connectivity index (χ4n) is 2.11. The molecule has 0 saturated heterocycles. The number of benzene rings is 1. The van der Waals surface area contributed by atoms with E-state index >= 15 is 0 Å². The Kier molecular flexibility index (Phi) is 4.22. The third-order valence-electron chi connectivity index (χ3n) is 3.41. The molecule has 0 radical (unpaired) electrons. The lowest BCUT2D eigenvalue weighted by Gasteiger charge is -2.19. The first-order valence-electron chi connectivity index (χ1n) is 7.21. The second-order valence-corrected chi connectivity index (χ2v) is 6.36. The van der Waals surface area contributed by atoms with Gasteiger partial charge in [0, 0.05) is 23.5 Å². The van der Waals surface area contributed by atoms with Crippen LogP contribution in [-0.2, 0) is 4.74 Å². The third-order valence-corrected chi connectivity index (χ3v) is 3.41. The Morgan fingerprint density at radius 2 is 1.77 bits per heavy atom. The summed E-state index contributed by atoms with van der Waals surface area (Å²) in [5.74, 6) is -0.0940. The maximum atomic E-state index is 12.6. The minimum atomic E-state index is -0.571. The number of rotatable bonds is 2. The SMILES string of the molecule is Cc1cccc(C(=O)c2ccn(C(=O)OC(C)(C)C)c2)c1C. The van der Waals surface area contributed by atoms with Crippen LogP contribution in [-0.4, -0.2) is 22.0 Å². The van der Waals surface area contributed by atoms with Crippen molar-refractivity contribution in [3.63, 3.8) is 0 Å². The molecule has 0 aliphatic rings. The lowest BCUT2D eigenvalue weighted by molar-refractivity contribution is 0.0537. The molecule has 1 heterocycles. The van der Waals surface area contributed by atoms with E-state index in [4.69, 9.17) is 4.74 Å². The van der Waals surface area contributed by atoms with E-state index in [1.54, 1.807) is 39.1 Å². The first-order valence-corrected chi connectivity index (χ1v) is 7.21. The van der Waals surface area contributed by atoms with Crippen molar-refractivity contribution in [2.75, 3.05) is 0 Å². The van der Waals surface area contributed by atoms with Crippen LogP contribution in [0.25, 0.3) is 0 Å². The molecule has 0 fully saturated rings. The van der Waals surface area contributed by atoms with Gasteiger partial charge in [0.25, 0.3) is 0 Å². The van der Waals surface area contributed by atoms with Gasteiger partial charge in [-0.3, -0.25) is 9.36 Å². The zero-order valence-corrected chi connectivity index (χ0v) is 13.6. The molecule has 0 amide bonds. The van der Waals surface area contributed by atoms with Crippen LogP contribution >= 0.6 is 0 Å². The second kappa shape index (κ2) is 5.79. The Balaban J connectivity index is 2.26. The summed E-state index contributed by atoms with van der Waals surface area (Å²) in [6, 6.07) is 7.27. The molecule has 0 aliphatic heterocycles. The third kappa shape index (κ3) is 3.45. The van der Waals surface area contributed by atoms with Crippen LogP contribution in [0.5, 0.6) is 0 Å². The molecule has 4 heteroatoms. The summed E-state index contributed by atoms with van der Waals surface area (Å²) in [6.07, 6.45) is 2.57. The van der Waals surface area contributed by atoms with E-state index < -0.39 is 11.7 Å². The van der Waals surface area contributed by atoms with E-state index in [0.29, 0.717) is 11.1 Å². The minimum Gasteiger partial charge on any atom is -0.443 e. The zero-order chi connectivity index (χ0) is 16.5. The number of nitrogens with zero attached hydrogens (tertiary/aromatic N) is 1. The fraction of sp³-hybridized carbons (Fsp3) is 0.333. The van der Waals surface area contributed by atoms with Gasteiger partial charge in [-0.2, -0.15) is 0 Å². The van der Waals surface area contributed by atoms with Crippen molar-refractivity contribution >= 4 is 11.9 Å². The normalized spacial score (nSPS) is 11.3. The molecule has 4 nitrogen and oxygen atoms in total. The van der Waals surface area contributed by atoms with Crippen molar-refractivity contribution in [3.05, 3.63) is 58.9 Å². The summed E-state index contributed by atoms with van der Waals surface area (Å²) in [4.78, 5) is 24.6. The number of carbonyl (C=O) groups is 2. The molecule has 0 N–H and O–H groups in total. The Morgan fingerprint density at radius 1 is 1.09 bits per heavy atom. The van der Waals surface area contributed by atoms with Crippen molar-refractivity contribution in [3.8, 4) is 0 Å². The highest BCUT2D eigenvalue weighted by Crippen LogP contribution is 2.18. The molecule has 0 bridgehead atoms. The molecular weight excluding hydrogens is 278 g/mol. The number of ether oxygens (including phenoxy) is 1. The topological polar surface area (TPSA) is 48.3 Å². The van der Waals surface area contributed by atoms with Crippen LogP contribution < -0.4 is 0 Å². The Hall–Kier alpha value is -2.36. The molecule has 0 atom stereocenters. The van der Waals surface area contributed by atoms with E-state index in [1.165, 1.54) is 10.8 Å². The van der Waals surface area contributed by atoms with Crippen molar-refractivity contribution in [1.29, 1.82) is 0 Å². The van der Waals surface area contributed by atoms with Crippen molar-refractivity contribution < 1.29 is 14.3 Å². The Morgan fingerprint density at radius 3 is 2.41 bits per heavy atom. The average molecular weight is 299 g/mol. The van der Waals surface area contributed by atoms with Gasteiger partial charge in [-0.05, 0) is 51.8 Å². The van der Waals surface area contributed by atoms with Gasteiger partial charge < -0.3 is 4.74 Å². The first-order chi connectivity index (χ1) is 10.2. The number of carbonyl (C=O) groups excluding carboxylic acids is 2. The molecule has 22 heavy (non-hydrogen) atoms. The van der Waals surface area contributed by atoms with Crippen LogP contribution in [0.4, 0.5) is 4.79 Å². The van der Waals surface area contributed by atoms with Gasteiger partial charge in [0.2, 0.25) is 0 Å². The number of aromatic nitrogens is 1. The highest BCUT2D eigenvalue weighted by atomic mass is 16.6. The van der Waals surface area contributed by atoms with Crippen LogP contribution in [0.3, 0.4) is 0 Å². The molecule has 2 rings (SSSR count). The van der Waals surface area contributed by atoms with Gasteiger partial charge in [-0.1, -0.05) is 18.2 Å². The largest absolute Gasteiger partial charge is 0.443 e. The average Bonchev–Trinajstić information content (AvgIpc) is 2.89. The van der Waals surface area contributed by atoms with E-state index in [2.05, 4.69) is 0 Å². The monoisotopic (exact) mass is 299 g/mol. The van der Waals surface area contributed by atoms with Gasteiger partial charge in [-0.15, -0.1) is 0 Å². The number of ketones is 1. The van der Waals surface area contributed by atoms with E-state index in [1.807, 2.05) is 26.0 Å². The second-order valence-electron chi connectivity index (χ2n) is 6.36. The molecule has 116 valence electrons. The summed E-state index contributed by atoms with van der Waals surface area (Å²) in [7, 11) is 0. The predicted molar refractivity (Wildman–Crippen MR) is 85.4 cm³/mol. The lowest BCUT2D eigenvalue weighted by Crippen LogP contribution is -2.26. The summed E-state index contributed by atoms with van der Waals surface area (Å²) in [5.41, 5.74) is 2.58. The van der Waals surface area contributed by atoms with Crippen molar-refractivity contribution in [2.45, 2.75) is 40.2 Å². The van der Waals surface area contributed by atoms with E-state index in [0.717, 1.165) is 11.1 Å². The van der Waals surface area contributed by atoms with Gasteiger partial charge in [0.05, 0.1) is 0 Å². The van der Waals surface area contributed by atoms with Crippen LogP contribution in [0.2, 0.25) is 0 Å². The fourth-order valence-corrected chi connectivity index (χ4v) is 2.11. The summed E-state index contributed by atoms with van der Waals surface area (Å²) >= 11 is 0. The van der Waals surface area contributed by atoms with E-state index in [9.17, 15) is 9.59 Å². The molecule has 0 aliphatic carbocycles. The maximum absolute atomic E-state index is 12.6. The highest BCUT2D eigenvalue weighted by molar-refractivity contribution is 6.10. The van der Waals surface area contributed by atoms with Crippen LogP contribution in [0, 0.1) is 13.8 Å². The number of hydrogen-bond donors (Lipinski definition) is 0. The minimum absolute atomic E-state index is 0.0940. The molecule has 0 unspecified atom stereocenters. The highest BCUT2D eigenvalue weighted by Gasteiger charge is 2.19. The van der Waals surface area contributed by atoms with E-state index in [-0.39, 0.29) is 5.78 Å². The number of aryl methyl sites for hydroxylation is 1. The summed E-state index contributed by atoms with van der Waals surface area (Å²) < 4.78 is 6.57. The maximum Gasteiger partial charge on any atom is 0.418 e. The quantitative estimate of drug-likeness (QED) is 0.784. The molecule has 0 saturated carbocycles. The summed E-state index contributed by atoms with van der Waals surface area (Å²) in [5, 5.41) is 0. The predicted octanol–water partition coefficient (Wildman–Crippen LogP) is 4.12. The number of hydrogen-bond acceptors (Lipinski definition) is 3. The van der Waals surface area contributed by atoms with Gasteiger partial charge in [-0.25, -0.2) is 4.79 Å². The van der Waals surface area contributed by atoms with Gasteiger partial charge in [0.1, 0.15) is 5.60 Å². The molecule has 1 aromatic carbocycles. The zero-order valence-electron chi connectivity index (χ0n) is 13.6. The molecule has 0 spiro atoms. The smallest absolute Gasteiger partial charge is 0.418 e. The first kappa shape index (κ1) is 16.0. The Labute approximate surface area is 130 Å². The molecule has 2 aromatic rings. The van der Waals surface area contributed by atoms with Gasteiger partial charge in [0.15, 0.2) is 5.78 Å². The van der Waals surface area contributed by atoms with Crippen molar-refractivity contribution in [1.82, 2.24) is 4.57 Å². The van der Waals surface area contributed by atoms with Crippen LogP contribution in [0.1, 0.15) is 47.8 Å². The Bertz CT molecular complexity index is 720. The van der Waals surface area contributed by atoms with Crippen LogP contribution in [0.15, 0.2) is 36.7 Å². The van der Waals surface area contributed by atoms with Crippen molar-refractivity contribution in [2.24, 2.45) is 0 Å². The molecular formula is C18H21NO3. The standard InChI is InChI=1S/C18H21NO3/c1-12-7-6-8-15(13(12)2)16(20)14-9-10-19(11-14)17(21)22-18(3,4)5/h6-11H,1-5H3. The summed E-state index contributed by atoms with van der Waals surface area (Å²) in [6.45, 7) is 9.30.